The number of aromatic amines is 1. The van der Waals surface area contributed by atoms with Crippen molar-refractivity contribution in [1.29, 1.82) is 5.26 Å². The predicted molar refractivity (Wildman–Crippen MR) is 96.0 cm³/mol. The number of aromatic nitrogens is 2. The SMILES string of the molecule is CCc1cccc(CNc2nc(-c3cccs3)c(C#N)c(=O)[nH]2)c1. The van der Waals surface area contributed by atoms with Gasteiger partial charge < -0.3 is 5.32 Å². The van der Waals surface area contributed by atoms with Crippen molar-refractivity contribution in [1.82, 2.24) is 9.97 Å². The summed E-state index contributed by atoms with van der Waals surface area (Å²) in [5, 5.41) is 14.3. The molecule has 0 amide bonds. The summed E-state index contributed by atoms with van der Waals surface area (Å²) >= 11 is 1.45. The number of hydrogen-bond donors (Lipinski definition) is 2. The number of aryl methyl sites for hydroxylation is 1. The van der Waals surface area contributed by atoms with E-state index in [1.807, 2.05) is 35.7 Å². The van der Waals surface area contributed by atoms with Gasteiger partial charge in [-0.25, -0.2) is 4.98 Å². The number of nitriles is 1. The van der Waals surface area contributed by atoms with Crippen LogP contribution in [0.2, 0.25) is 0 Å². The van der Waals surface area contributed by atoms with E-state index >= 15 is 0 Å². The maximum Gasteiger partial charge on any atom is 0.270 e. The van der Waals surface area contributed by atoms with Crippen molar-refractivity contribution < 1.29 is 0 Å². The van der Waals surface area contributed by atoms with Crippen LogP contribution in [0.4, 0.5) is 5.95 Å². The van der Waals surface area contributed by atoms with Crippen molar-refractivity contribution in [3.05, 3.63) is 68.8 Å². The highest BCUT2D eigenvalue weighted by atomic mass is 32.1. The maximum atomic E-state index is 12.1. The molecule has 24 heavy (non-hydrogen) atoms. The molecule has 0 radical (unpaired) electrons. The van der Waals surface area contributed by atoms with Gasteiger partial charge in [0.25, 0.3) is 5.56 Å². The number of thiophene rings is 1. The first-order valence-corrected chi connectivity index (χ1v) is 8.49. The third-order valence-corrected chi connectivity index (χ3v) is 4.52. The molecule has 3 rings (SSSR count). The molecule has 0 aliphatic heterocycles. The molecule has 6 heteroatoms. The van der Waals surface area contributed by atoms with Gasteiger partial charge in [0.1, 0.15) is 17.3 Å². The summed E-state index contributed by atoms with van der Waals surface area (Å²) < 4.78 is 0. The molecule has 2 N–H and O–H groups in total. The van der Waals surface area contributed by atoms with Crippen LogP contribution in [0.5, 0.6) is 0 Å². The van der Waals surface area contributed by atoms with Crippen LogP contribution in [0, 0.1) is 11.3 Å². The molecule has 2 heterocycles. The topological polar surface area (TPSA) is 81.6 Å². The van der Waals surface area contributed by atoms with Crippen LogP contribution >= 0.6 is 11.3 Å². The van der Waals surface area contributed by atoms with Crippen molar-refractivity contribution in [2.75, 3.05) is 5.32 Å². The Labute approximate surface area is 143 Å². The highest BCUT2D eigenvalue weighted by Crippen LogP contribution is 2.24. The van der Waals surface area contributed by atoms with E-state index in [-0.39, 0.29) is 5.56 Å². The van der Waals surface area contributed by atoms with E-state index in [0.29, 0.717) is 18.2 Å². The average molecular weight is 336 g/mol. The molecule has 0 aliphatic rings. The fraction of sp³-hybridized carbons (Fsp3) is 0.167. The second-order valence-electron chi connectivity index (χ2n) is 5.25. The van der Waals surface area contributed by atoms with Crippen LogP contribution in [0.25, 0.3) is 10.6 Å². The van der Waals surface area contributed by atoms with Crippen molar-refractivity contribution in [2.24, 2.45) is 0 Å². The Morgan fingerprint density at radius 1 is 1.29 bits per heavy atom. The second kappa shape index (κ2) is 7.11. The largest absolute Gasteiger partial charge is 0.352 e. The van der Waals surface area contributed by atoms with Crippen molar-refractivity contribution in [3.8, 4) is 16.6 Å². The average Bonchev–Trinajstić information content (AvgIpc) is 3.14. The van der Waals surface area contributed by atoms with E-state index < -0.39 is 5.56 Å². The molecule has 0 fully saturated rings. The third kappa shape index (κ3) is 3.36. The van der Waals surface area contributed by atoms with Gasteiger partial charge in [-0.3, -0.25) is 9.78 Å². The number of nitrogens with zero attached hydrogens (tertiary/aromatic N) is 2. The lowest BCUT2D eigenvalue weighted by Crippen LogP contribution is -2.17. The molecule has 0 unspecified atom stereocenters. The Morgan fingerprint density at radius 3 is 2.83 bits per heavy atom. The highest BCUT2D eigenvalue weighted by molar-refractivity contribution is 7.13. The van der Waals surface area contributed by atoms with Gasteiger partial charge in [0, 0.05) is 6.54 Å². The summed E-state index contributed by atoms with van der Waals surface area (Å²) in [6.45, 7) is 2.66. The Morgan fingerprint density at radius 2 is 2.12 bits per heavy atom. The predicted octanol–water partition coefficient (Wildman–Crippen LogP) is 3.54. The Balaban J connectivity index is 1.89. The first-order chi connectivity index (χ1) is 11.7. The third-order valence-electron chi connectivity index (χ3n) is 3.65. The minimum absolute atomic E-state index is 0.0379. The molecule has 3 aromatic rings. The molecule has 0 saturated carbocycles. The normalized spacial score (nSPS) is 10.3. The summed E-state index contributed by atoms with van der Waals surface area (Å²) in [4.78, 5) is 20.0. The minimum atomic E-state index is -0.430. The fourth-order valence-corrected chi connectivity index (χ4v) is 3.12. The first kappa shape index (κ1) is 16.0. The fourth-order valence-electron chi connectivity index (χ4n) is 2.40. The van der Waals surface area contributed by atoms with Crippen LogP contribution in [0.3, 0.4) is 0 Å². The van der Waals surface area contributed by atoms with Crippen molar-refractivity contribution in [3.63, 3.8) is 0 Å². The molecule has 0 bridgehead atoms. The summed E-state index contributed by atoms with van der Waals surface area (Å²) in [5.74, 6) is 0.365. The summed E-state index contributed by atoms with van der Waals surface area (Å²) in [5.41, 5.74) is 2.40. The molecular formula is C18H16N4OS. The molecule has 5 nitrogen and oxygen atoms in total. The quantitative estimate of drug-likeness (QED) is 0.746. The van der Waals surface area contributed by atoms with E-state index in [2.05, 4.69) is 34.3 Å². The number of anilines is 1. The van der Waals surface area contributed by atoms with Crippen LogP contribution < -0.4 is 10.9 Å². The minimum Gasteiger partial charge on any atom is -0.352 e. The van der Waals surface area contributed by atoms with E-state index in [0.717, 1.165) is 16.9 Å². The van der Waals surface area contributed by atoms with Crippen LogP contribution in [-0.4, -0.2) is 9.97 Å². The summed E-state index contributed by atoms with van der Waals surface area (Å²) in [6.07, 6.45) is 0.975. The zero-order chi connectivity index (χ0) is 16.9. The summed E-state index contributed by atoms with van der Waals surface area (Å²) in [7, 11) is 0. The molecule has 1 aromatic carbocycles. The van der Waals surface area contributed by atoms with E-state index in [1.165, 1.54) is 16.9 Å². The standard InChI is InChI=1S/C18H16N4OS/c1-2-12-5-3-6-13(9-12)11-20-18-21-16(15-7-4-8-24-15)14(10-19)17(23)22-18/h3-9H,2,11H2,1H3,(H2,20,21,22,23). The zero-order valence-corrected chi connectivity index (χ0v) is 14.0. The lowest BCUT2D eigenvalue weighted by atomic mass is 10.1. The van der Waals surface area contributed by atoms with Crippen LogP contribution in [0.15, 0.2) is 46.6 Å². The van der Waals surface area contributed by atoms with E-state index in [4.69, 9.17) is 0 Å². The smallest absolute Gasteiger partial charge is 0.270 e. The number of H-pyrrole nitrogens is 1. The lowest BCUT2D eigenvalue weighted by molar-refractivity contribution is 1.02. The molecule has 0 spiro atoms. The van der Waals surface area contributed by atoms with Crippen LogP contribution in [0.1, 0.15) is 23.6 Å². The molecular weight excluding hydrogens is 320 g/mol. The molecule has 0 saturated heterocycles. The lowest BCUT2D eigenvalue weighted by Gasteiger charge is -2.09. The summed E-state index contributed by atoms with van der Waals surface area (Å²) in [6, 6.07) is 13.9. The van der Waals surface area contributed by atoms with Gasteiger partial charge in [-0.1, -0.05) is 37.3 Å². The number of nitrogens with one attached hydrogen (secondary N) is 2. The van der Waals surface area contributed by atoms with Gasteiger partial charge in [-0.05, 0) is 29.0 Å². The molecule has 2 aromatic heterocycles. The number of benzene rings is 1. The van der Waals surface area contributed by atoms with Crippen LogP contribution in [-0.2, 0) is 13.0 Å². The number of hydrogen-bond acceptors (Lipinski definition) is 5. The van der Waals surface area contributed by atoms with E-state index in [1.54, 1.807) is 0 Å². The molecule has 120 valence electrons. The van der Waals surface area contributed by atoms with Gasteiger partial charge >= 0.3 is 0 Å². The second-order valence-corrected chi connectivity index (χ2v) is 6.20. The molecule has 0 aliphatic carbocycles. The van der Waals surface area contributed by atoms with Gasteiger partial charge in [0.2, 0.25) is 5.95 Å². The van der Waals surface area contributed by atoms with Gasteiger partial charge in [-0.15, -0.1) is 11.3 Å². The first-order valence-electron chi connectivity index (χ1n) is 7.61. The van der Waals surface area contributed by atoms with Crippen molar-refractivity contribution >= 4 is 17.3 Å². The van der Waals surface area contributed by atoms with Crippen molar-refractivity contribution in [2.45, 2.75) is 19.9 Å². The van der Waals surface area contributed by atoms with Gasteiger partial charge in [-0.2, -0.15) is 5.26 Å². The van der Waals surface area contributed by atoms with Gasteiger partial charge in [0.15, 0.2) is 0 Å². The Kier molecular flexibility index (Phi) is 4.73. The number of rotatable bonds is 5. The Hall–Kier alpha value is -2.91. The molecule has 0 atom stereocenters. The zero-order valence-electron chi connectivity index (χ0n) is 13.2. The monoisotopic (exact) mass is 336 g/mol. The Bertz CT molecular complexity index is 938. The highest BCUT2D eigenvalue weighted by Gasteiger charge is 2.14. The van der Waals surface area contributed by atoms with E-state index in [9.17, 15) is 10.1 Å². The maximum absolute atomic E-state index is 12.1. The van der Waals surface area contributed by atoms with Gasteiger partial charge in [0.05, 0.1) is 4.88 Å².